The van der Waals surface area contributed by atoms with Gasteiger partial charge in [0.15, 0.2) is 0 Å². The maximum atomic E-state index is 5.12. The molecule has 392 valence electrons. The molecular formula is C81H47N3S. The standard InChI is InChI=1S/C81H47N3S/c1-3-23-61-58(20-1)59-21-2-6-26-64(59)76-47-84-77(46-73(61)76)56-19-13-17-51(40-56)50-16-12-18-55(39-50)70-44-57(45-75-68-27-9-10-29-78(68)85-81(70)75)54-32-34-66-65-33-30-52(41-71(65)62-24-4-5-25-63(62)72(66)42-54)48-14-11-15-49(38-48)53-31-35-67-60-22-7-8-28-69(60)79-80(74(67)43-53)83-37-36-82-79/h1-47H. The van der Waals surface area contributed by atoms with E-state index in [9.17, 15) is 0 Å². The predicted octanol–water partition coefficient (Wildman–Crippen LogP) is 22.6. The summed E-state index contributed by atoms with van der Waals surface area (Å²) in [5.41, 5.74) is 15.7. The van der Waals surface area contributed by atoms with Gasteiger partial charge in [-0.2, -0.15) is 0 Å². The molecule has 0 aliphatic heterocycles. The van der Waals surface area contributed by atoms with Crippen molar-refractivity contribution in [3.63, 3.8) is 0 Å². The van der Waals surface area contributed by atoms with Gasteiger partial charge < -0.3 is 0 Å². The number of thiophene rings is 1. The van der Waals surface area contributed by atoms with Crippen molar-refractivity contribution in [3.8, 4) is 66.9 Å². The monoisotopic (exact) mass is 1090 g/mol. The zero-order valence-corrected chi connectivity index (χ0v) is 46.7. The molecule has 3 nitrogen and oxygen atoms in total. The maximum Gasteiger partial charge on any atom is 0.0971 e. The minimum atomic E-state index is 0.927. The average molecular weight is 1090 g/mol. The first-order valence-electron chi connectivity index (χ1n) is 29.0. The van der Waals surface area contributed by atoms with Gasteiger partial charge in [-0.25, -0.2) is 0 Å². The van der Waals surface area contributed by atoms with Crippen LogP contribution in [0.3, 0.4) is 0 Å². The van der Waals surface area contributed by atoms with Crippen LogP contribution in [0.1, 0.15) is 0 Å². The number of pyridine rings is 1. The van der Waals surface area contributed by atoms with Crippen LogP contribution >= 0.6 is 11.3 Å². The lowest BCUT2D eigenvalue weighted by molar-refractivity contribution is 1.31. The normalized spacial score (nSPS) is 12.0. The van der Waals surface area contributed by atoms with E-state index in [1.807, 2.05) is 11.3 Å². The number of rotatable bonds is 6. The van der Waals surface area contributed by atoms with Gasteiger partial charge in [0, 0.05) is 66.0 Å². The van der Waals surface area contributed by atoms with E-state index in [2.05, 4.69) is 273 Å². The number of hydrogen-bond donors (Lipinski definition) is 0. The third-order valence-electron chi connectivity index (χ3n) is 17.9. The van der Waals surface area contributed by atoms with Crippen molar-refractivity contribution in [2.45, 2.75) is 0 Å². The summed E-state index contributed by atoms with van der Waals surface area (Å²) < 4.78 is 2.58. The van der Waals surface area contributed by atoms with Crippen LogP contribution in [0.15, 0.2) is 286 Å². The first-order chi connectivity index (χ1) is 42.1. The van der Waals surface area contributed by atoms with E-state index < -0.39 is 0 Å². The molecule has 3 aromatic heterocycles. The molecule has 4 heteroatoms. The molecule has 15 aromatic carbocycles. The molecule has 18 rings (SSSR count). The molecule has 0 saturated carbocycles. The molecular weight excluding hydrogens is 1050 g/mol. The highest BCUT2D eigenvalue weighted by atomic mass is 32.1. The quantitative estimate of drug-likeness (QED) is 0.156. The van der Waals surface area contributed by atoms with Gasteiger partial charge in [0.1, 0.15) is 0 Å². The van der Waals surface area contributed by atoms with Gasteiger partial charge in [-0.1, -0.05) is 206 Å². The van der Waals surface area contributed by atoms with Crippen molar-refractivity contribution in [2.24, 2.45) is 0 Å². The molecule has 0 aliphatic carbocycles. The van der Waals surface area contributed by atoms with Crippen LogP contribution in [-0.4, -0.2) is 15.0 Å². The highest BCUT2D eigenvalue weighted by molar-refractivity contribution is 7.26. The Morgan fingerprint density at radius 2 is 0.588 bits per heavy atom. The molecule has 0 saturated heterocycles. The second kappa shape index (κ2) is 18.8. The van der Waals surface area contributed by atoms with E-state index in [-0.39, 0.29) is 0 Å². The van der Waals surface area contributed by atoms with Crippen LogP contribution in [0.5, 0.6) is 0 Å². The molecule has 0 N–H and O–H groups in total. The van der Waals surface area contributed by atoms with E-state index >= 15 is 0 Å². The van der Waals surface area contributed by atoms with Gasteiger partial charge in [0.05, 0.1) is 16.7 Å². The summed E-state index contributed by atoms with van der Waals surface area (Å²) in [6, 6.07) is 98.8. The van der Waals surface area contributed by atoms with Crippen LogP contribution in [0.4, 0.5) is 0 Å². The zero-order valence-electron chi connectivity index (χ0n) is 45.9. The van der Waals surface area contributed by atoms with Crippen LogP contribution in [0.2, 0.25) is 0 Å². The number of hydrogen-bond acceptors (Lipinski definition) is 4. The first-order valence-corrected chi connectivity index (χ1v) is 29.8. The fraction of sp³-hybridized carbons (Fsp3) is 0. The molecule has 0 bridgehead atoms. The predicted molar refractivity (Wildman–Crippen MR) is 363 cm³/mol. The lowest BCUT2D eigenvalue weighted by Gasteiger charge is -2.15. The Labute approximate surface area is 493 Å². The van der Waals surface area contributed by atoms with Crippen molar-refractivity contribution in [3.05, 3.63) is 286 Å². The minimum absolute atomic E-state index is 0.927. The second-order valence-corrected chi connectivity index (χ2v) is 23.6. The highest BCUT2D eigenvalue weighted by Crippen LogP contribution is 2.46. The number of fused-ring (bicyclic) bond motifs is 21. The number of benzene rings is 15. The molecule has 0 fully saturated rings. The Kier molecular flexibility index (Phi) is 10.6. The molecule has 0 amide bonds. The third kappa shape index (κ3) is 7.56. The van der Waals surface area contributed by atoms with Crippen LogP contribution in [-0.2, 0) is 0 Å². The van der Waals surface area contributed by atoms with E-state index in [0.717, 1.165) is 49.8 Å². The van der Waals surface area contributed by atoms with Gasteiger partial charge in [0.25, 0.3) is 0 Å². The largest absolute Gasteiger partial charge is 0.256 e. The van der Waals surface area contributed by atoms with Crippen molar-refractivity contribution in [1.82, 2.24) is 15.0 Å². The van der Waals surface area contributed by atoms with E-state index in [4.69, 9.17) is 15.0 Å². The van der Waals surface area contributed by atoms with E-state index in [1.54, 1.807) is 12.4 Å². The second-order valence-electron chi connectivity index (χ2n) is 22.6. The molecule has 0 radical (unpaired) electrons. The molecule has 0 atom stereocenters. The fourth-order valence-electron chi connectivity index (χ4n) is 13.9. The van der Waals surface area contributed by atoms with Gasteiger partial charge >= 0.3 is 0 Å². The maximum absolute atomic E-state index is 5.12. The molecule has 0 unspecified atom stereocenters. The zero-order chi connectivity index (χ0) is 55.7. The topological polar surface area (TPSA) is 38.7 Å². The van der Waals surface area contributed by atoms with E-state index in [0.29, 0.717) is 0 Å². The van der Waals surface area contributed by atoms with Crippen LogP contribution in [0.25, 0.3) is 184 Å². The fourth-order valence-corrected chi connectivity index (χ4v) is 15.1. The van der Waals surface area contributed by atoms with Gasteiger partial charge in [-0.15, -0.1) is 11.3 Å². The first kappa shape index (κ1) is 47.7. The molecule has 85 heavy (non-hydrogen) atoms. The summed E-state index contributed by atoms with van der Waals surface area (Å²) in [6.45, 7) is 0. The number of aromatic nitrogens is 3. The summed E-state index contributed by atoms with van der Waals surface area (Å²) >= 11 is 1.88. The Balaban J connectivity index is 0.726. The van der Waals surface area contributed by atoms with Gasteiger partial charge in [0.2, 0.25) is 0 Å². The highest BCUT2D eigenvalue weighted by Gasteiger charge is 2.19. The molecule has 0 aliphatic rings. The summed E-state index contributed by atoms with van der Waals surface area (Å²) in [5, 5.41) is 22.0. The van der Waals surface area contributed by atoms with Gasteiger partial charge in [-0.3, -0.25) is 15.0 Å². The summed E-state index contributed by atoms with van der Waals surface area (Å²) in [7, 11) is 0. The SMILES string of the molecule is c1cc(-c2ccc3c4ccc(-c5cc(-c6cccc(-c7cccc(-c8cc9c%10ccccc%10c%10ccccc%10c9cn8)c7)c6)c6sc7ccccc7c6c5)cc4c4ccccc4c3c2)cc(-c2ccc3c4ccccc4c4nccnc4c3c2)c1. The third-order valence-corrected chi connectivity index (χ3v) is 19.1. The van der Waals surface area contributed by atoms with Crippen molar-refractivity contribution in [2.75, 3.05) is 0 Å². The summed E-state index contributed by atoms with van der Waals surface area (Å²) in [6.07, 6.45) is 5.66. The molecule has 18 aromatic rings. The Morgan fingerprint density at radius 3 is 1.18 bits per heavy atom. The van der Waals surface area contributed by atoms with E-state index in [1.165, 1.54) is 135 Å². The lowest BCUT2D eigenvalue weighted by Crippen LogP contribution is -1.89. The summed E-state index contributed by atoms with van der Waals surface area (Å²) in [4.78, 5) is 14.8. The van der Waals surface area contributed by atoms with Crippen molar-refractivity contribution in [1.29, 1.82) is 0 Å². The summed E-state index contributed by atoms with van der Waals surface area (Å²) in [5.74, 6) is 0. The van der Waals surface area contributed by atoms with Gasteiger partial charge in [-0.05, 0) is 181 Å². The smallest absolute Gasteiger partial charge is 0.0971 e. The van der Waals surface area contributed by atoms with Crippen LogP contribution < -0.4 is 0 Å². The van der Waals surface area contributed by atoms with Crippen molar-refractivity contribution < 1.29 is 0 Å². The van der Waals surface area contributed by atoms with Crippen molar-refractivity contribution >= 4 is 129 Å². The number of nitrogens with zero attached hydrogens (tertiary/aromatic N) is 3. The average Bonchev–Trinajstić information content (AvgIpc) is 2.97. The Morgan fingerprint density at radius 1 is 0.212 bits per heavy atom. The minimum Gasteiger partial charge on any atom is -0.256 e. The van der Waals surface area contributed by atoms with Crippen LogP contribution in [0, 0.1) is 0 Å². The Hall–Kier alpha value is -10.9. The lowest BCUT2D eigenvalue weighted by atomic mass is 9.89. The molecule has 0 spiro atoms. The Bertz CT molecular complexity index is 5780. The molecule has 3 heterocycles.